The Morgan fingerprint density at radius 3 is 2.57 bits per heavy atom. The second-order valence-corrected chi connectivity index (χ2v) is 7.94. The molecule has 0 fully saturated rings. The minimum Gasteiger partial charge on any atom is -0.476 e. The van der Waals surface area contributed by atoms with E-state index < -0.39 is 23.2 Å². The number of fused-ring (bicyclic) bond motifs is 1. The molecule has 0 aliphatic carbocycles. The minimum atomic E-state index is -4.56. The van der Waals surface area contributed by atoms with Crippen molar-refractivity contribution in [3.63, 3.8) is 0 Å². The van der Waals surface area contributed by atoms with Crippen molar-refractivity contribution in [1.29, 1.82) is 0 Å². The van der Waals surface area contributed by atoms with E-state index in [-0.39, 0.29) is 29.6 Å². The highest BCUT2D eigenvalue weighted by molar-refractivity contribution is 6.33. The number of rotatable bonds is 4. The molecule has 1 N–H and O–H groups in total. The Labute approximate surface area is 176 Å². The quantitative estimate of drug-likeness (QED) is 0.711. The number of amides is 2. The van der Waals surface area contributed by atoms with Crippen LogP contribution in [0.2, 0.25) is 5.02 Å². The molecule has 0 aromatic heterocycles. The monoisotopic (exact) mass is 440 g/mol. The fourth-order valence-electron chi connectivity index (χ4n) is 3.12. The molecule has 1 heterocycles. The van der Waals surface area contributed by atoms with Crippen molar-refractivity contribution < 1.29 is 27.5 Å². The maximum Gasteiger partial charge on any atom is 0.416 e. The van der Waals surface area contributed by atoms with E-state index in [1.807, 2.05) is 13.0 Å². The lowest BCUT2D eigenvalue weighted by molar-refractivity contribution is -0.137. The zero-order valence-corrected chi connectivity index (χ0v) is 17.3. The topological polar surface area (TPSA) is 58.6 Å². The summed E-state index contributed by atoms with van der Waals surface area (Å²) in [5.74, 6) is -0.362. The summed E-state index contributed by atoms with van der Waals surface area (Å²) in [6.07, 6.45) is -4.70. The number of alkyl halides is 3. The van der Waals surface area contributed by atoms with Crippen LogP contribution in [-0.4, -0.2) is 24.0 Å². The summed E-state index contributed by atoms with van der Waals surface area (Å²) in [4.78, 5) is 26.7. The fourth-order valence-corrected chi connectivity index (χ4v) is 3.29. The Morgan fingerprint density at radius 1 is 1.20 bits per heavy atom. The second kappa shape index (κ2) is 7.83. The van der Waals surface area contributed by atoms with Gasteiger partial charge in [-0.2, -0.15) is 13.2 Å². The van der Waals surface area contributed by atoms with E-state index in [1.165, 1.54) is 4.90 Å². The van der Waals surface area contributed by atoms with Gasteiger partial charge in [-0.3, -0.25) is 9.59 Å². The Balaban J connectivity index is 1.76. The molecule has 2 amide bonds. The van der Waals surface area contributed by atoms with Gasteiger partial charge in [0.2, 0.25) is 5.91 Å². The van der Waals surface area contributed by atoms with E-state index in [9.17, 15) is 22.8 Å². The van der Waals surface area contributed by atoms with Crippen molar-refractivity contribution in [2.75, 3.05) is 16.8 Å². The normalized spacial score (nSPS) is 15.4. The van der Waals surface area contributed by atoms with Crippen LogP contribution in [0.5, 0.6) is 5.75 Å². The highest BCUT2D eigenvalue weighted by atomic mass is 35.5. The first-order valence-electron chi connectivity index (χ1n) is 9.17. The van der Waals surface area contributed by atoms with Crippen LogP contribution in [0.4, 0.5) is 24.5 Å². The predicted octanol–water partition coefficient (Wildman–Crippen LogP) is 5.20. The van der Waals surface area contributed by atoms with Gasteiger partial charge >= 0.3 is 6.18 Å². The molecule has 160 valence electrons. The highest BCUT2D eigenvalue weighted by Crippen LogP contribution is 2.38. The summed E-state index contributed by atoms with van der Waals surface area (Å²) in [7, 11) is 0. The van der Waals surface area contributed by atoms with Crippen LogP contribution < -0.4 is 15.0 Å². The SMILES string of the molecule is Cc1ccc2c(c1)N(CCC(=O)Nc1cc(C(F)(F)F)ccc1Cl)C(=O)C(C)(C)O2. The molecule has 0 saturated carbocycles. The number of hydrogen-bond acceptors (Lipinski definition) is 3. The molecular formula is C21H20ClF3N2O3. The molecule has 0 atom stereocenters. The van der Waals surface area contributed by atoms with Crippen LogP contribution in [-0.2, 0) is 15.8 Å². The molecule has 0 spiro atoms. The van der Waals surface area contributed by atoms with Gasteiger partial charge in [0, 0.05) is 13.0 Å². The van der Waals surface area contributed by atoms with Crippen molar-refractivity contribution in [1.82, 2.24) is 0 Å². The first-order valence-corrected chi connectivity index (χ1v) is 9.54. The van der Waals surface area contributed by atoms with Crippen molar-refractivity contribution in [2.45, 2.75) is 39.0 Å². The molecule has 1 aliphatic heterocycles. The van der Waals surface area contributed by atoms with Crippen molar-refractivity contribution in [3.05, 3.63) is 52.5 Å². The van der Waals surface area contributed by atoms with Crippen molar-refractivity contribution in [2.24, 2.45) is 0 Å². The van der Waals surface area contributed by atoms with Gasteiger partial charge in [-0.15, -0.1) is 0 Å². The van der Waals surface area contributed by atoms with Crippen LogP contribution in [0.25, 0.3) is 0 Å². The first kappa shape index (κ1) is 22.0. The Morgan fingerprint density at radius 2 is 1.90 bits per heavy atom. The summed E-state index contributed by atoms with van der Waals surface area (Å²) in [5.41, 5.74) is -0.708. The lowest BCUT2D eigenvalue weighted by atomic mass is 10.0. The van der Waals surface area contributed by atoms with Gasteiger partial charge in [0.1, 0.15) is 5.75 Å². The third kappa shape index (κ3) is 4.53. The van der Waals surface area contributed by atoms with Gasteiger partial charge in [-0.05, 0) is 56.7 Å². The van der Waals surface area contributed by atoms with Crippen LogP contribution in [0.3, 0.4) is 0 Å². The lowest BCUT2D eigenvalue weighted by Crippen LogP contribution is -2.53. The molecule has 2 aromatic rings. The number of aryl methyl sites for hydroxylation is 1. The van der Waals surface area contributed by atoms with E-state index in [2.05, 4.69) is 5.32 Å². The minimum absolute atomic E-state index is 0.0131. The fraction of sp³-hybridized carbons (Fsp3) is 0.333. The van der Waals surface area contributed by atoms with Crippen LogP contribution in [0, 0.1) is 6.92 Å². The molecule has 2 aromatic carbocycles. The zero-order valence-electron chi connectivity index (χ0n) is 16.6. The lowest BCUT2D eigenvalue weighted by Gasteiger charge is -2.38. The summed E-state index contributed by atoms with van der Waals surface area (Å²) in [6.45, 7) is 5.16. The molecule has 30 heavy (non-hydrogen) atoms. The first-order chi connectivity index (χ1) is 13.9. The van der Waals surface area contributed by atoms with E-state index >= 15 is 0 Å². The van der Waals surface area contributed by atoms with Gasteiger partial charge in [0.25, 0.3) is 5.91 Å². The van der Waals surface area contributed by atoms with Crippen LogP contribution in [0.15, 0.2) is 36.4 Å². The number of carbonyl (C=O) groups is 2. The maximum absolute atomic E-state index is 12.9. The number of halogens is 4. The van der Waals surface area contributed by atoms with Crippen molar-refractivity contribution >= 4 is 34.8 Å². The standard InChI is InChI=1S/C21H20ClF3N2O3/c1-12-4-7-17-16(10-12)27(19(29)20(2,3)30-17)9-8-18(28)26-15-11-13(21(23,24)25)5-6-14(15)22/h4-7,10-11H,8-9H2,1-3H3,(H,26,28). The summed E-state index contributed by atoms with van der Waals surface area (Å²) in [5, 5.41) is 2.38. The van der Waals surface area contributed by atoms with Crippen molar-refractivity contribution in [3.8, 4) is 5.75 Å². The largest absolute Gasteiger partial charge is 0.476 e. The van der Waals surface area contributed by atoms with E-state index in [0.29, 0.717) is 11.4 Å². The number of hydrogen-bond donors (Lipinski definition) is 1. The average Bonchev–Trinajstić information content (AvgIpc) is 2.63. The van der Waals surface area contributed by atoms with E-state index in [0.717, 1.165) is 23.8 Å². The molecule has 5 nitrogen and oxygen atoms in total. The third-order valence-electron chi connectivity index (χ3n) is 4.66. The molecule has 9 heteroatoms. The Bertz CT molecular complexity index is 1010. The molecule has 0 bridgehead atoms. The van der Waals surface area contributed by atoms with Gasteiger partial charge in [-0.1, -0.05) is 17.7 Å². The summed E-state index contributed by atoms with van der Waals surface area (Å²) < 4.78 is 44.5. The van der Waals surface area contributed by atoms with Gasteiger partial charge in [-0.25, -0.2) is 0 Å². The summed E-state index contributed by atoms with van der Waals surface area (Å²) >= 11 is 5.92. The molecule has 0 radical (unpaired) electrons. The Kier molecular flexibility index (Phi) is 5.73. The van der Waals surface area contributed by atoms with E-state index in [4.69, 9.17) is 16.3 Å². The average molecular weight is 441 g/mol. The molecule has 1 aliphatic rings. The maximum atomic E-state index is 12.9. The third-order valence-corrected chi connectivity index (χ3v) is 4.99. The van der Waals surface area contributed by atoms with Gasteiger partial charge < -0.3 is 15.0 Å². The molecular weight excluding hydrogens is 421 g/mol. The number of carbonyl (C=O) groups excluding carboxylic acids is 2. The number of benzene rings is 2. The number of anilines is 2. The van der Waals surface area contributed by atoms with Gasteiger partial charge in [0.05, 0.1) is 22.0 Å². The molecule has 0 saturated heterocycles. The Hall–Kier alpha value is -2.74. The van der Waals surface area contributed by atoms with Crippen LogP contribution in [0.1, 0.15) is 31.4 Å². The predicted molar refractivity (Wildman–Crippen MR) is 108 cm³/mol. The smallest absolute Gasteiger partial charge is 0.416 e. The number of nitrogens with one attached hydrogen (secondary N) is 1. The second-order valence-electron chi connectivity index (χ2n) is 7.53. The van der Waals surface area contributed by atoms with Gasteiger partial charge in [0.15, 0.2) is 5.60 Å². The summed E-state index contributed by atoms with van der Waals surface area (Å²) in [6, 6.07) is 8.09. The van der Waals surface area contributed by atoms with E-state index in [1.54, 1.807) is 26.0 Å². The highest BCUT2D eigenvalue weighted by Gasteiger charge is 2.41. The number of nitrogens with zero attached hydrogens (tertiary/aromatic N) is 1. The molecule has 0 unspecified atom stereocenters. The zero-order chi connectivity index (χ0) is 22.3. The molecule has 3 rings (SSSR count). The van der Waals surface area contributed by atoms with Crippen LogP contribution >= 0.6 is 11.6 Å². The number of ether oxygens (including phenoxy) is 1.